The summed E-state index contributed by atoms with van der Waals surface area (Å²) < 4.78 is 19.4. The van der Waals surface area contributed by atoms with Crippen LogP contribution in [0, 0.1) is 0 Å². The Morgan fingerprint density at radius 2 is 2.33 bits per heavy atom. The van der Waals surface area contributed by atoms with Crippen LogP contribution in [-0.2, 0) is 9.53 Å². The fraction of sp³-hybridized carbons (Fsp3) is 0.562. The van der Waals surface area contributed by atoms with Crippen LogP contribution in [0.4, 0.5) is 4.39 Å². The summed E-state index contributed by atoms with van der Waals surface area (Å²) in [5.41, 5.74) is 0.674. The molecule has 1 N–H and O–H groups in total. The highest BCUT2D eigenvalue weighted by Gasteiger charge is 2.29. The Hall–Kier alpha value is -1.62. The van der Waals surface area contributed by atoms with Crippen LogP contribution in [0.5, 0.6) is 0 Å². The molecule has 0 unspecified atom stereocenters. The summed E-state index contributed by atoms with van der Waals surface area (Å²) >= 11 is 0. The van der Waals surface area contributed by atoms with Crippen LogP contribution >= 0.6 is 0 Å². The van der Waals surface area contributed by atoms with Crippen molar-refractivity contribution >= 4 is 5.91 Å². The minimum Gasteiger partial charge on any atom is -0.501 e. The number of hydrogen-bond donors (Lipinski definition) is 1. The van der Waals surface area contributed by atoms with E-state index in [1.807, 2.05) is 0 Å². The number of carbonyl (C=O) groups excluding carboxylic acids is 1. The van der Waals surface area contributed by atoms with Gasteiger partial charge >= 0.3 is 0 Å². The van der Waals surface area contributed by atoms with Crippen molar-refractivity contribution in [2.45, 2.75) is 31.7 Å². The number of carbonyl (C=O) groups is 1. The van der Waals surface area contributed by atoms with Gasteiger partial charge in [0.1, 0.15) is 5.83 Å². The van der Waals surface area contributed by atoms with Gasteiger partial charge in [-0.3, -0.25) is 9.69 Å². The summed E-state index contributed by atoms with van der Waals surface area (Å²) in [4.78, 5) is 14.0. The Morgan fingerprint density at radius 3 is 3.05 bits per heavy atom. The van der Waals surface area contributed by atoms with Gasteiger partial charge in [-0.2, -0.15) is 0 Å². The van der Waals surface area contributed by atoms with Crippen LogP contribution in [0.2, 0.25) is 0 Å². The summed E-state index contributed by atoms with van der Waals surface area (Å²) in [6.45, 7) is 1.29. The molecule has 0 saturated carbocycles. The molecule has 1 atom stereocenters. The monoisotopic (exact) mass is 294 g/mol. The van der Waals surface area contributed by atoms with Gasteiger partial charge in [0.25, 0.3) is 0 Å². The van der Waals surface area contributed by atoms with Crippen LogP contribution in [-0.4, -0.2) is 44.1 Å². The Morgan fingerprint density at radius 1 is 1.52 bits per heavy atom. The molecule has 0 spiro atoms. The predicted octanol–water partition coefficient (Wildman–Crippen LogP) is 2.30. The van der Waals surface area contributed by atoms with Crippen LogP contribution in [0.1, 0.15) is 25.7 Å². The highest BCUT2D eigenvalue weighted by atomic mass is 19.1. The molecule has 21 heavy (non-hydrogen) atoms. The highest BCUT2D eigenvalue weighted by Crippen LogP contribution is 2.25. The van der Waals surface area contributed by atoms with Crippen molar-refractivity contribution in [3.05, 3.63) is 35.4 Å². The third-order valence-corrected chi connectivity index (χ3v) is 4.07. The number of methoxy groups -OCH3 is 1. The largest absolute Gasteiger partial charge is 0.501 e. The summed E-state index contributed by atoms with van der Waals surface area (Å²) in [7, 11) is 3.24. The van der Waals surface area contributed by atoms with Gasteiger partial charge in [0.15, 0.2) is 0 Å². The molecule has 116 valence electrons. The molecule has 1 heterocycles. The van der Waals surface area contributed by atoms with Crippen molar-refractivity contribution in [1.29, 1.82) is 0 Å². The van der Waals surface area contributed by atoms with Crippen molar-refractivity contribution < 1.29 is 13.9 Å². The molecule has 4 nitrogen and oxygen atoms in total. The lowest BCUT2D eigenvalue weighted by atomic mass is 9.99. The Bertz CT molecular complexity index is 483. The predicted molar refractivity (Wildman–Crippen MR) is 80.3 cm³/mol. The molecule has 1 aliphatic carbocycles. The van der Waals surface area contributed by atoms with Gasteiger partial charge in [-0.05, 0) is 37.1 Å². The number of piperidine rings is 1. The van der Waals surface area contributed by atoms with E-state index in [0.717, 1.165) is 31.6 Å². The summed E-state index contributed by atoms with van der Waals surface area (Å²) in [5.74, 6) is 0.532. The molecular formula is C16H23FN2O2. The average Bonchev–Trinajstić information content (AvgIpc) is 2.69. The van der Waals surface area contributed by atoms with E-state index in [4.69, 9.17) is 4.74 Å². The molecule has 0 aromatic heterocycles. The number of likely N-dealkylation sites (tertiary alicyclic amines) is 1. The fourth-order valence-corrected chi connectivity index (χ4v) is 2.87. The van der Waals surface area contributed by atoms with Gasteiger partial charge in [-0.1, -0.05) is 12.5 Å². The maximum absolute atomic E-state index is 14.2. The van der Waals surface area contributed by atoms with Gasteiger partial charge < -0.3 is 10.1 Å². The molecule has 0 bridgehead atoms. The Labute approximate surface area is 125 Å². The standard InChI is InChI=1S/C16H23FN2O2/c1-18-16(20)15-8-3-4-9-19(15)11-12-10-13(21-2)6-5-7-14(12)17/h5-7,15H,3-4,8-11H2,1-2H3,(H,18,20)/t15-/m0/s1. The molecule has 1 aliphatic heterocycles. The number of nitrogens with one attached hydrogen (secondary N) is 1. The van der Waals surface area contributed by atoms with Crippen LogP contribution in [0.25, 0.3) is 0 Å². The summed E-state index contributed by atoms with van der Waals surface area (Å²) in [6, 6.07) is -0.161. The number of rotatable bonds is 4. The van der Waals surface area contributed by atoms with Crippen molar-refractivity contribution in [2.24, 2.45) is 0 Å². The van der Waals surface area contributed by atoms with E-state index in [1.165, 1.54) is 6.08 Å². The first-order valence-electron chi connectivity index (χ1n) is 7.40. The molecule has 1 saturated heterocycles. The van der Waals surface area contributed by atoms with Crippen LogP contribution in [0.3, 0.4) is 0 Å². The maximum Gasteiger partial charge on any atom is 0.237 e. The molecule has 1 amide bonds. The zero-order valence-electron chi connectivity index (χ0n) is 12.7. The molecule has 0 aromatic rings. The number of ether oxygens (including phenoxy) is 1. The van der Waals surface area contributed by atoms with Crippen LogP contribution < -0.4 is 5.32 Å². The normalized spacial score (nSPS) is 23.6. The third-order valence-electron chi connectivity index (χ3n) is 4.07. The zero-order chi connectivity index (χ0) is 15.2. The molecule has 1 fully saturated rings. The lowest BCUT2D eigenvalue weighted by molar-refractivity contribution is -0.126. The van der Waals surface area contributed by atoms with Gasteiger partial charge in [-0.15, -0.1) is 0 Å². The van der Waals surface area contributed by atoms with E-state index in [2.05, 4.69) is 10.2 Å². The van der Waals surface area contributed by atoms with E-state index < -0.39 is 0 Å². The number of likely N-dealkylation sites (N-methyl/N-ethyl adjacent to an activating group) is 1. The SMILES string of the molecule is CNC(=O)[C@@H]1CCCCN1CC1=C(F)C=CC=C(OC)C1. The van der Waals surface area contributed by atoms with Crippen molar-refractivity contribution in [2.75, 3.05) is 27.2 Å². The third kappa shape index (κ3) is 3.94. The first-order chi connectivity index (χ1) is 10.2. The van der Waals surface area contributed by atoms with Crippen molar-refractivity contribution in [3.8, 4) is 0 Å². The lowest BCUT2D eigenvalue weighted by Gasteiger charge is -2.35. The number of allylic oxidation sites excluding steroid dienone is 5. The van der Waals surface area contributed by atoms with Gasteiger partial charge in [0, 0.05) is 20.0 Å². The smallest absolute Gasteiger partial charge is 0.237 e. The second kappa shape index (κ2) is 7.41. The summed E-state index contributed by atoms with van der Waals surface area (Å²) in [6.07, 6.45) is 8.26. The van der Waals surface area contributed by atoms with Crippen molar-refractivity contribution in [3.63, 3.8) is 0 Å². The minimum atomic E-state index is -0.223. The maximum atomic E-state index is 14.2. The summed E-state index contributed by atoms with van der Waals surface area (Å²) in [5, 5.41) is 2.70. The molecule has 2 aliphatic rings. The fourth-order valence-electron chi connectivity index (χ4n) is 2.87. The van der Waals surface area contributed by atoms with Crippen LogP contribution in [0.15, 0.2) is 35.4 Å². The minimum absolute atomic E-state index is 0.0161. The molecular weight excluding hydrogens is 271 g/mol. The first kappa shape index (κ1) is 15.8. The number of amides is 1. The van der Waals surface area contributed by atoms with E-state index in [0.29, 0.717) is 18.5 Å². The topological polar surface area (TPSA) is 41.6 Å². The Balaban J connectivity index is 2.12. The molecule has 5 heteroatoms. The van der Waals surface area contributed by atoms with Gasteiger partial charge in [0.2, 0.25) is 5.91 Å². The average molecular weight is 294 g/mol. The van der Waals surface area contributed by atoms with Gasteiger partial charge in [0.05, 0.1) is 18.9 Å². The number of halogens is 1. The van der Waals surface area contributed by atoms with E-state index >= 15 is 0 Å². The molecule has 2 rings (SSSR count). The molecule has 0 aromatic carbocycles. The van der Waals surface area contributed by atoms with Crippen molar-refractivity contribution in [1.82, 2.24) is 10.2 Å². The van der Waals surface area contributed by atoms with E-state index in [-0.39, 0.29) is 17.8 Å². The lowest BCUT2D eigenvalue weighted by Crippen LogP contribution is -2.49. The number of nitrogens with zero attached hydrogens (tertiary/aromatic N) is 1. The second-order valence-electron chi connectivity index (χ2n) is 5.42. The molecule has 0 radical (unpaired) electrons. The second-order valence-corrected chi connectivity index (χ2v) is 5.42. The Kier molecular flexibility index (Phi) is 5.56. The highest BCUT2D eigenvalue weighted by molar-refractivity contribution is 5.81. The zero-order valence-corrected chi connectivity index (χ0v) is 12.7. The van der Waals surface area contributed by atoms with E-state index in [9.17, 15) is 9.18 Å². The van der Waals surface area contributed by atoms with E-state index in [1.54, 1.807) is 26.3 Å². The first-order valence-corrected chi connectivity index (χ1v) is 7.40. The number of hydrogen-bond acceptors (Lipinski definition) is 3. The van der Waals surface area contributed by atoms with Gasteiger partial charge in [-0.25, -0.2) is 4.39 Å². The quantitative estimate of drug-likeness (QED) is 0.865.